The van der Waals surface area contributed by atoms with Crippen LogP contribution in [0.25, 0.3) is 0 Å². The first-order valence-electron chi connectivity index (χ1n) is 6.75. The normalized spacial score (nSPS) is 11.8. The van der Waals surface area contributed by atoms with Crippen LogP contribution in [0.15, 0.2) is 30.3 Å². The largest absolute Gasteiger partial charge is 0.331 e. The Morgan fingerprint density at radius 1 is 1.27 bits per heavy atom. The lowest BCUT2D eigenvalue weighted by atomic mass is 10.1. The van der Waals surface area contributed by atoms with E-state index in [9.17, 15) is 14.9 Å². The van der Waals surface area contributed by atoms with E-state index >= 15 is 0 Å². The van der Waals surface area contributed by atoms with Crippen molar-refractivity contribution < 1.29 is 9.72 Å². The van der Waals surface area contributed by atoms with E-state index < -0.39 is 4.92 Å². The quantitative estimate of drug-likeness (QED) is 0.655. The molecule has 2 amide bonds. The van der Waals surface area contributed by atoms with Gasteiger partial charge in [-0.2, -0.15) is 0 Å². The fraction of sp³-hybridized carbons (Fsp3) is 0.267. The number of hydrogen-bond donors (Lipinski definition) is 2. The number of carbonyl (C=O) groups is 1. The van der Waals surface area contributed by atoms with Crippen LogP contribution >= 0.6 is 11.3 Å². The molecule has 7 heteroatoms. The first-order chi connectivity index (χ1) is 10.4. The van der Waals surface area contributed by atoms with Crippen molar-refractivity contribution in [1.82, 2.24) is 5.32 Å². The maximum Gasteiger partial charge on any atom is 0.319 e. The van der Waals surface area contributed by atoms with Crippen molar-refractivity contribution in [2.45, 2.75) is 26.8 Å². The zero-order valence-electron chi connectivity index (χ0n) is 12.5. The maximum atomic E-state index is 12.0. The number of nitrogens with one attached hydrogen (secondary N) is 2. The Balaban J connectivity index is 1.97. The van der Waals surface area contributed by atoms with Gasteiger partial charge in [-0.3, -0.25) is 10.1 Å². The van der Waals surface area contributed by atoms with Gasteiger partial charge in [0.15, 0.2) is 0 Å². The van der Waals surface area contributed by atoms with E-state index in [0.29, 0.717) is 5.69 Å². The lowest BCUT2D eigenvalue weighted by molar-refractivity contribution is -0.384. The van der Waals surface area contributed by atoms with E-state index in [1.54, 1.807) is 11.3 Å². The van der Waals surface area contributed by atoms with Crippen LogP contribution in [0.4, 0.5) is 16.2 Å². The van der Waals surface area contributed by atoms with Gasteiger partial charge in [0.2, 0.25) is 0 Å². The molecule has 0 saturated heterocycles. The van der Waals surface area contributed by atoms with E-state index in [2.05, 4.69) is 16.7 Å². The summed E-state index contributed by atoms with van der Waals surface area (Å²) in [6.45, 7) is 5.98. The summed E-state index contributed by atoms with van der Waals surface area (Å²) in [4.78, 5) is 24.5. The van der Waals surface area contributed by atoms with Crippen LogP contribution in [0.2, 0.25) is 0 Å². The van der Waals surface area contributed by atoms with Crippen molar-refractivity contribution in [1.29, 1.82) is 0 Å². The van der Waals surface area contributed by atoms with Crippen molar-refractivity contribution >= 4 is 28.7 Å². The number of nitrogens with zero attached hydrogens (tertiary/aromatic N) is 1. The fourth-order valence-corrected chi connectivity index (χ4v) is 3.21. The molecule has 1 atom stereocenters. The summed E-state index contributed by atoms with van der Waals surface area (Å²) >= 11 is 1.70. The molecule has 1 heterocycles. The third-order valence-corrected chi connectivity index (χ3v) is 4.21. The van der Waals surface area contributed by atoms with Crippen molar-refractivity contribution in [3.8, 4) is 0 Å². The third-order valence-electron chi connectivity index (χ3n) is 3.23. The number of aryl methyl sites for hydroxylation is 2. The van der Waals surface area contributed by atoms with Crippen LogP contribution < -0.4 is 10.6 Å². The molecule has 0 aliphatic rings. The molecule has 0 aliphatic carbocycles. The lowest BCUT2D eigenvalue weighted by Crippen LogP contribution is -2.31. The highest BCUT2D eigenvalue weighted by Crippen LogP contribution is 2.26. The predicted molar refractivity (Wildman–Crippen MR) is 87.5 cm³/mol. The molecule has 2 N–H and O–H groups in total. The molecule has 1 aromatic heterocycles. The zero-order chi connectivity index (χ0) is 16.3. The molecule has 0 aliphatic heterocycles. The van der Waals surface area contributed by atoms with Gasteiger partial charge in [-0.05, 0) is 44.5 Å². The molecule has 1 aromatic carbocycles. The van der Waals surface area contributed by atoms with Gasteiger partial charge in [0.25, 0.3) is 5.69 Å². The molecule has 0 spiro atoms. The van der Waals surface area contributed by atoms with Gasteiger partial charge < -0.3 is 10.6 Å². The van der Waals surface area contributed by atoms with Gasteiger partial charge in [-0.15, -0.1) is 11.3 Å². The standard InChI is InChI=1S/C15H17N3O3S/c1-9-8-14(11(3)22-9)10(2)16-15(19)17-12-4-6-13(7-5-12)18(20)21/h4-8,10H,1-3H3,(H2,16,17,19)/t10-/m1/s1. The number of nitro benzene ring substituents is 1. The molecular formula is C15H17N3O3S. The van der Waals surface area contributed by atoms with Crippen molar-refractivity contribution in [2.24, 2.45) is 0 Å². The molecule has 116 valence electrons. The van der Waals surface area contributed by atoms with Crippen LogP contribution in [-0.2, 0) is 0 Å². The Labute approximate surface area is 132 Å². The second-order valence-corrected chi connectivity index (χ2v) is 6.45. The van der Waals surface area contributed by atoms with Crippen LogP contribution in [0.5, 0.6) is 0 Å². The number of benzene rings is 1. The highest BCUT2D eigenvalue weighted by atomic mass is 32.1. The number of non-ortho nitro benzene ring substituents is 1. The number of rotatable bonds is 4. The fourth-order valence-electron chi connectivity index (χ4n) is 2.19. The molecular weight excluding hydrogens is 302 g/mol. The van der Waals surface area contributed by atoms with Crippen LogP contribution in [-0.4, -0.2) is 11.0 Å². The number of hydrogen-bond acceptors (Lipinski definition) is 4. The summed E-state index contributed by atoms with van der Waals surface area (Å²) in [5.41, 5.74) is 1.60. The average molecular weight is 319 g/mol. The first kappa shape index (κ1) is 16.0. The number of carbonyl (C=O) groups excluding carboxylic acids is 1. The molecule has 0 bridgehead atoms. The topological polar surface area (TPSA) is 84.3 Å². The molecule has 0 fully saturated rings. The monoisotopic (exact) mass is 319 g/mol. The van der Waals surface area contributed by atoms with E-state index in [1.165, 1.54) is 34.0 Å². The van der Waals surface area contributed by atoms with Crippen molar-refractivity contribution in [3.05, 3.63) is 55.8 Å². The summed E-state index contributed by atoms with van der Waals surface area (Å²) in [6, 6.07) is 7.32. The Kier molecular flexibility index (Phi) is 4.77. The van der Waals surface area contributed by atoms with Crippen LogP contribution in [0.1, 0.15) is 28.3 Å². The number of thiophene rings is 1. The molecule has 6 nitrogen and oxygen atoms in total. The van der Waals surface area contributed by atoms with E-state index in [0.717, 1.165) is 5.56 Å². The number of nitro groups is 1. The number of urea groups is 1. The van der Waals surface area contributed by atoms with Gasteiger partial charge >= 0.3 is 6.03 Å². The Morgan fingerprint density at radius 2 is 1.91 bits per heavy atom. The second-order valence-electron chi connectivity index (χ2n) is 4.99. The molecule has 0 unspecified atom stereocenters. The highest BCUT2D eigenvalue weighted by molar-refractivity contribution is 7.12. The van der Waals surface area contributed by atoms with Crippen molar-refractivity contribution in [3.63, 3.8) is 0 Å². The summed E-state index contributed by atoms with van der Waals surface area (Å²) in [6.07, 6.45) is 0. The Hall–Kier alpha value is -2.41. The molecule has 2 aromatic rings. The highest BCUT2D eigenvalue weighted by Gasteiger charge is 2.14. The van der Waals surface area contributed by atoms with Gasteiger partial charge in [-0.25, -0.2) is 4.79 Å². The minimum atomic E-state index is -0.479. The van der Waals surface area contributed by atoms with E-state index in [4.69, 9.17) is 0 Å². The maximum absolute atomic E-state index is 12.0. The average Bonchev–Trinajstić information content (AvgIpc) is 2.78. The summed E-state index contributed by atoms with van der Waals surface area (Å²) in [7, 11) is 0. The summed E-state index contributed by atoms with van der Waals surface area (Å²) in [5, 5.41) is 16.1. The second kappa shape index (κ2) is 6.57. The molecule has 2 rings (SSSR count). The van der Waals surface area contributed by atoms with Gasteiger partial charge in [-0.1, -0.05) is 0 Å². The molecule has 0 saturated carbocycles. The van der Waals surface area contributed by atoms with E-state index in [1.807, 2.05) is 20.8 Å². The van der Waals surface area contributed by atoms with Gasteiger partial charge in [0.1, 0.15) is 0 Å². The third kappa shape index (κ3) is 3.82. The summed E-state index contributed by atoms with van der Waals surface area (Å²) < 4.78 is 0. The number of anilines is 1. The lowest BCUT2D eigenvalue weighted by Gasteiger charge is -2.14. The summed E-state index contributed by atoms with van der Waals surface area (Å²) in [5.74, 6) is 0. The molecule has 22 heavy (non-hydrogen) atoms. The van der Waals surface area contributed by atoms with Crippen LogP contribution in [0, 0.1) is 24.0 Å². The zero-order valence-corrected chi connectivity index (χ0v) is 13.4. The smallest absolute Gasteiger partial charge is 0.319 e. The predicted octanol–water partition coefficient (Wildman–Crippen LogP) is 4.16. The van der Waals surface area contributed by atoms with Gasteiger partial charge in [0, 0.05) is 27.6 Å². The Morgan fingerprint density at radius 3 is 2.41 bits per heavy atom. The van der Waals surface area contributed by atoms with Crippen LogP contribution in [0.3, 0.4) is 0 Å². The minimum absolute atomic E-state index is 0.0105. The minimum Gasteiger partial charge on any atom is -0.331 e. The molecule has 0 radical (unpaired) electrons. The SMILES string of the molecule is Cc1cc([C@@H](C)NC(=O)Nc2ccc([N+](=O)[O-])cc2)c(C)s1. The van der Waals surface area contributed by atoms with Crippen molar-refractivity contribution in [2.75, 3.05) is 5.32 Å². The van der Waals surface area contributed by atoms with Gasteiger partial charge in [0.05, 0.1) is 11.0 Å². The van der Waals surface area contributed by atoms with E-state index in [-0.39, 0.29) is 17.8 Å². The first-order valence-corrected chi connectivity index (χ1v) is 7.57. The Bertz CT molecular complexity index is 695. The number of amides is 2.